The summed E-state index contributed by atoms with van der Waals surface area (Å²) in [5, 5.41) is 0. The van der Waals surface area contributed by atoms with Gasteiger partial charge in [0.1, 0.15) is 13.7 Å². The Morgan fingerprint density at radius 3 is 2.50 bits per heavy atom. The predicted octanol–water partition coefficient (Wildman–Crippen LogP) is 4.75. The van der Waals surface area contributed by atoms with Gasteiger partial charge in [-0.3, -0.25) is 4.98 Å². The maximum absolute atomic E-state index is 5.90. The van der Waals surface area contributed by atoms with Gasteiger partial charge in [0, 0.05) is 47.9 Å². The molecule has 32 heavy (non-hydrogen) atoms. The first-order chi connectivity index (χ1) is 15.5. The molecule has 3 heterocycles. The van der Waals surface area contributed by atoms with Crippen molar-refractivity contribution < 1.29 is 0 Å². The number of para-hydroxylation sites is 1. The number of pyridine rings is 2. The van der Waals surface area contributed by atoms with Crippen LogP contribution in [0.4, 0.5) is 11.5 Å². The number of aromatic nitrogens is 2. The fraction of sp³-hybridized carbons (Fsp3) is 0.185. The third-order valence-electron chi connectivity index (χ3n) is 5.82. The Hall–Kier alpha value is -3.60. The van der Waals surface area contributed by atoms with E-state index in [0.717, 1.165) is 58.1 Å². The molecule has 0 N–H and O–H groups in total. The highest BCUT2D eigenvalue weighted by Crippen LogP contribution is 2.41. The van der Waals surface area contributed by atoms with E-state index >= 15 is 0 Å². The van der Waals surface area contributed by atoms with Gasteiger partial charge in [-0.2, -0.15) is 0 Å². The van der Waals surface area contributed by atoms with E-state index in [0.29, 0.717) is 12.1 Å². The zero-order chi connectivity index (χ0) is 22.7. The molecule has 0 aliphatic carbocycles. The lowest BCUT2D eigenvalue weighted by atomic mass is 9.88. The second-order valence-corrected chi connectivity index (χ2v) is 7.78. The van der Waals surface area contributed by atoms with Gasteiger partial charge in [0.05, 0.1) is 12.2 Å². The van der Waals surface area contributed by atoms with Crippen molar-refractivity contribution in [3.63, 3.8) is 0 Å². The number of allylic oxidation sites excluding steroid dienone is 3. The largest absolute Gasteiger partial charge is 0.357 e. The fourth-order valence-electron chi connectivity index (χ4n) is 4.03. The van der Waals surface area contributed by atoms with Crippen molar-refractivity contribution in [3.05, 3.63) is 103 Å². The Morgan fingerprint density at radius 2 is 1.81 bits per heavy atom. The van der Waals surface area contributed by atoms with Crippen molar-refractivity contribution in [1.29, 1.82) is 0 Å². The lowest BCUT2D eigenvalue weighted by Crippen LogP contribution is -2.24. The molecule has 1 aromatic carbocycles. The highest BCUT2D eigenvalue weighted by Gasteiger charge is 2.23. The van der Waals surface area contributed by atoms with Gasteiger partial charge in [0.2, 0.25) is 0 Å². The molecule has 3 aromatic rings. The second kappa shape index (κ2) is 9.27. The van der Waals surface area contributed by atoms with Gasteiger partial charge in [0.25, 0.3) is 0 Å². The van der Waals surface area contributed by atoms with Gasteiger partial charge in [-0.15, -0.1) is 0 Å². The number of hydrogen-bond acceptors (Lipinski definition) is 4. The maximum atomic E-state index is 5.90. The van der Waals surface area contributed by atoms with Crippen molar-refractivity contribution in [2.45, 2.75) is 20.4 Å². The van der Waals surface area contributed by atoms with Crippen LogP contribution in [0.25, 0.3) is 11.1 Å². The number of nitrogens with zero attached hydrogens (tertiary/aromatic N) is 4. The highest BCUT2D eigenvalue weighted by molar-refractivity contribution is 6.30. The first kappa shape index (κ1) is 21.6. The minimum Gasteiger partial charge on any atom is -0.357 e. The Labute approximate surface area is 192 Å². The van der Waals surface area contributed by atoms with Gasteiger partial charge >= 0.3 is 0 Å². The summed E-state index contributed by atoms with van der Waals surface area (Å²) in [6, 6.07) is 18.1. The van der Waals surface area contributed by atoms with Crippen molar-refractivity contribution in [2.75, 3.05) is 22.9 Å². The van der Waals surface area contributed by atoms with Crippen LogP contribution in [0.1, 0.15) is 30.7 Å². The number of rotatable bonds is 7. The van der Waals surface area contributed by atoms with Gasteiger partial charge in [0.15, 0.2) is 0 Å². The molecule has 4 nitrogen and oxygen atoms in total. The summed E-state index contributed by atoms with van der Waals surface area (Å²) in [6.07, 6.45) is 4.00. The van der Waals surface area contributed by atoms with Crippen LogP contribution < -0.4 is 15.4 Å². The molecular weight excluding hydrogens is 391 g/mol. The number of fused-ring (bicyclic) bond motifs is 1. The number of hydrogen-bond donors (Lipinski definition) is 0. The van der Waals surface area contributed by atoms with Crippen LogP contribution >= 0.6 is 0 Å². The highest BCUT2D eigenvalue weighted by atomic mass is 15.2. The molecule has 0 unspecified atom stereocenters. The van der Waals surface area contributed by atoms with Crippen LogP contribution in [0.3, 0.4) is 0 Å². The molecule has 0 saturated heterocycles. The van der Waals surface area contributed by atoms with Gasteiger partial charge in [-0.05, 0) is 54.9 Å². The van der Waals surface area contributed by atoms with Crippen molar-refractivity contribution in [2.24, 2.45) is 0 Å². The standard InChI is InChI=1S/C27H27BN4/c1-5-31(6-2)27-15-14-21(16-29-27)19(3)24-18-32(17-22-10-9-13-26(28)30-22)25-12-8-7-11-23(25)20(24)4/h7-16,18H,3-6,17H2,1-2H3. The van der Waals surface area contributed by atoms with Crippen molar-refractivity contribution >= 4 is 36.1 Å². The monoisotopic (exact) mass is 418 g/mol. The van der Waals surface area contributed by atoms with E-state index in [1.165, 1.54) is 0 Å². The van der Waals surface area contributed by atoms with Crippen LogP contribution in [0, 0.1) is 0 Å². The van der Waals surface area contributed by atoms with E-state index in [9.17, 15) is 0 Å². The van der Waals surface area contributed by atoms with Crippen LogP contribution in [0.2, 0.25) is 0 Å². The summed E-state index contributed by atoms with van der Waals surface area (Å²) in [6.45, 7) is 15.5. The summed E-state index contributed by atoms with van der Waals surface area (Å²) >= 11 is 0. The first-order valence-electron chi connectivity index (χ1n) is 10.9. The summed E-state index contributed by atoms with van der Waals surface area (Å²) in [7, 11) is 5.90. The molecule has 0 amide bonds. The van der Waals surface area contributed by atoms with E-state index in [2.05, 4.69) is 77.2 Å². The lowest BCUT2D eigenvalue weighted by molar-refractivity contribution is 0.846. The molecule has 0 spiro atoms. The molecule has 1 aliphatic rings. The van der Waals surface area contributed by atoms with Crippen molar-refractivity contribution in [3.8, 4) is 0 Å². The molecule has 4 rings (SSSR count). The van der Waals surface area contributed by atoms with Crippen molar-refractivity contribution in [1.82, 2.24) is 9.97 Å². The van der Waals surface area contributed by atoms with E-state index < -0.39 is 0 Å². The Bertz CT molecular complexity index is 1180. The zero-order valence-corrected chi connectivity index (χ0v) is 18.8. The molecule has 2 aromatic heterocycles. The topological polar surface area (TPSA) is 32.3 Å². The minimum atomic E-state index is 0.519. The maximum Gasteiger partial charge on any atom is 0.141 e. The summed E-state index contributed by atoms with van der Waals surface area (Å²) in [5.41, 5.74) is 7.42. The molecule has 158 valence electrons. The lowest BCUT2D eigenvalue weighted by Gasteiger charge is -2.31. The van der Waals surface area contributed by atoms with Crippen LogP contribution in [-0.4, -0.2) is 30.9 Å². The summed E-state index contributed by atoms with van der Waals surface area (Å²) in [4.78, 5) is 13.6. The first-order valence-corrected chi connectivity index (χ1v) is 10.9. The molecular formula is C27H27BN4. The van der Waals surface area contributed by atoms with E-state index in [1.54, 1.807) is 6.07 Å². The van der Waals surface area contributed by atoms with Gasteiger partial charge < -0.3 is 9.80 Å². The second-order valence-electron chi connectivity index (χ2n) is 7.78. The normalized spacial score (nSPS) is 12.9. The summed E-state index contributed by atoms with van der Waals surface area (Å²) < 4.78 is 0. The van der Waals surface area contributed by atoms with Crippen LogP contribution in [0.15, 0.2) is 85.7 Å². The number of benzene rings is 1. The average Bonchev–Trinajstić information content (AvgIpc) is 2.82. The molecule has 5 heteroatoms. The van der Waals surface area contributed by atoms with E-state index in [-0.39, 0.29) is 0 Å². The van der Waals surface area contributed by atoms with E-state index in [1.807, 2.05) is 30.5 Å². The quantitative estimate of drug-likeness (QED) is 0.519. The molecule has 1 aliphatic heterocycles. The predicted molar refractivity (Wildman–Crippen MR) is 136 cm³/mol. The zero-order valence-electron chi connectivity index (χ0n) is 18.8. The minimum absolute atomic E-state index is 0.519. The molecule has 0 bridgehead atoms. The Morgan fingerprint density at radius 1 is 1.03 bits per heavy atom. The molecule has 0 saturated carbocycles. The van der Waals surface area contributed by atoms with Crippen LogP contribution in [-0.2, 0) is 6.54 Å². The average molecular weight is 418 g/mol. The SMILES string of the molecule is [B]c1cccc(CN2C=C(C(=C)c3ccc(N(CC)CC)nc3)C(=C)c3ccccc32)n1. The van der Waals surface area contributed by atoms with Crippen LogP contribution in [0.5, 0.6) is 0 Å². The third-order valence-corrected chi connectivity index (χ3v) is 5.82. The molecule has 2 radical (unpaired) electrons. The molecule has 0 fully saturated rings. The van der Waals surface area contributed by atoms with Gasteiger partial charge in [-0.25, -0.2) is 4.98 Å². The fourth-order valence-corrected chi connectivity index (χ4v) is 4.03. The molecule has 0 atom stereocenters. The smallest absolute Gasteiger partial charge is 0.141 e. The Kier molecular flexibility index (Phi) is 6.26. The summed E-state index contributed by atoms with van der Waals surface area (Å²) in [5.74, 6) is 0.975. The number of anilines is 2. The van der Waals surface area contributed by atoms with Gasteiger partial charge in [-0.1, -0.05) is 43.5 Å². The Balaban J connectivity index is 1.68. The van der Waals surface area contributed by atoms with E-state index in [4.69, 9.17) is 7.85 Å². The third kappa shape index (κ3) is 4.24.